The Kier molecular flexibility index (Phi) is 1.50. The van der Waals surface area contributed by atoms with Crippen LogP contribution in [-0.4, -0.2) is 23.2 Å². The number of rotatable bonds is 3. The molecule has 0 radical (unpaired) electrons. The maximum absolute atomic E-state index is 10.5. The van der Waals surface area contributed by atoms with Gasteiger partial charge in [0.25, 0.3) is 0 Å². The highest BCUT2D eigenvalue weighted by Gasteiger charge is 2.16. The van der Waals surface area contributed by atoms with Crippen molar-refractivity contribution in [1.82, 2.24) is 0 Å². The van der Waals surface area contributed by atoms with E-state index in [1.807, 2.05) is 0 Å². The van der Waals surface area contributed by atoms with Crippen molar-refractivity contribution in [2.45, 2.75) is 6.17 Å². The summed E-state index contributed by atoms with van der Waals surface area (Å²) in [4.78, 5) is 0. The quantitative estimate of drug-likeness (QED) is 0.630. The van der Waals surface area contributed by atoms with E-state index in [4.69, 9.17) is 4.78 Å². The van der Waals surface area contributed by atoms with E-state index >= 15 is 0 Å². The Morgan fingerprint density at radius 2 is 2.33 bits per heavy atom. The minimum Gasteiger partial charge on any atom is -0.281 e. The predicted octanol–water partition coefficient (Wildman–Crippen LogP) is 0.386. The maximum atomic E-state index is 10.5. The fourth-order valence-electron chi connectivity index (χ4n) is 0.305. The monoisotopic (exact) mass is 149 g/mol. The van der Waals surface area contributed by atoms with Crippen molar-refractivity contribution in [1.29, 1.82) is 4.78 Å². The van der Waals surface area contributed by atoms with Crippen LogP contribution < -0.4 is 0 Å². The van der Waals surface area contributed by atoms with Gasteiger partial charge in [0.2, 0.25) is 6.17 Å². The summed E-state index contributed by atoms with van der Waals surface area (Å²) in [6.45, 7) is 0.179. The Morgan fingerprint density at radius 1 is 1.78 bits per heavy atom. The zero-order chi connectivity index (χ0) is 6.91. The lowest BCUT2D eigenvalue weighted by molar-refractivity contribution is 0.340. The van der Waals surface area contributed by atoms with Crippen molar-refractivity contribution in [2.24, 2.45) is 10.2 Å². The van der Waals surface area contributed by atoms with Crippen LogP contribution in [0.4, 0.5) is 0 Å². The summed E-state index contributed by atoms with van der Waals surface area (Å²) < 4.78 is 21.8. The summed E-state index contributed by atoms with van der Waals surface area (Å²) in [6.07, 6.45) is 1.06. The lowest BCUT2D eigenvalue weighted by Gasteiger charge is -1.97. The molecule has 0 aromatic carbocycles. The molecule has 0 spiro atoms. The zero-order valence-electron chi connectivity index (χ0n) is 4.90. The van der Waals surface area contributed by atoms with Gasteiger partial charge in [0, 0.05) is 6.26 Å². The standard InChI is InChI=1S/C3H7N3O2S/c1-9(4,7)8-2-3-5-6-3/h3-4H,2H2,1H3. The summed E-state index contributed by atoms with van der Waals surface area (Å²) in [5.41, 5.74) is 0. The molecule has 0 saturated heterocycles. The third-order valence-electron chi connectivity index (χ3n) is 0.721. The number of hydrogen-bond donors (Lipinski definition) is 1. The summed E-state index contributed by atoms with van der Waals surface area (Å²) in [5.74, 6) is 0. The van der Waals surface area contributed by atoms with Gasteiger partial charge in [0.05, 0.1) is 0 Å². The molecule has 0 bridgehead atoms. The fraction of sp³-hybridized carbons (Fsp3) is 1.00. The van der Waals surface area contributed by atoms with E-state index in [1.165, 1.54) is 6.26 Å². The highest BCUT2D eigenvalue weighted by atomic mass is 32.2. The van der Waals surface area contributed by atoms with Crippen molar-refractivity contribution in [3.8, 4) is 0 Å². The topological polar surface area (TPSA) is 74.9 Å². The van der Waals surface area contributed by atoms with Gasteiger partial charge in [-0.05, 0) is 0 Å². The molecule has 6 heteroatoms. The molecule has 1 rings (SSSR count). The van der Waals surface area contributed by atoms with E-state index in [9.17, 15) is 4.21 Å². The van der Waals surface area contributed by atoms with E-state index in [0.29, 0.717) is 0 Å². The Bertz CT molecular complexity index is 213. The maximum Gasteiger partial charge on any atom is 0.205 e. The smallest absolute Gasteiger partial charge is 0.205 e. The second-order valence-corrected chi connectivity index (χ2v) is 3.55. The average Bonchev–Trinajstić information content (AvgIpc) is 2.38. The molecule has 0 aromatic heterocycles. The molecule has 0 fully saturated rings. The van der Waals surface area contributed by atoms with E-state index in [2.05, 4.69) is 14.4 Å². The lowest BCUT2D eigenvalue weighted by atomic mass is 10.7. The highest BCUT2D eigenvalue weighted by molar-refractivity contribution is 7.87. The first-order valence-electron chi connectivity index (χ1n) is 2.36. The summed E-state index contributed by atoms with van der Waals surface area (Å²) >= 11 is 0. The highest BCUT2D eigenvalue weighted by Crippen LogP contribution is 2.10. The Morgan fingerprint density at radius 3 is 2.67 bits per heavy atom. The van der Waals surface area contributed by atoms with Gasteiger partial charge in [-0.15, -0.1) is 0 Å². The van der Waals surface area contributed by atoms with Crippen molar-refractivity contribution in [2.75, 3.05) is 12.9 Å². The molecule has 1 N–H and O–H groups in total. The van der Waals surface area contributed by atoms with Crippen LogP contribution in [-0.2, 0) is 14.2 Å². The minimum atomic E-state index is -2.80. The van der Waals surface area contributed by atoms with Crippen LogP contribution in [0.15, 0.2) is 10.2 Å². The largest absolute Gasteiger partial charge is 0.281 e. The number of nitrogens with zero attached hydrogens (tertiary/aromatic N) is 2. The van der Waals surface area contributed by atoms with Crippen LogP contribution in [0.2, 0.25) is 0 Å². The molecule has 1 aliphatic heterocycles. The van der Waals surface area contributed by atoms with Gasteiger partial charge >= 0.3 is 0 Å². The van der Waals surface area contributed by atoms with Gasteiger partial charge in [-0.2, -0.15) is 10.2 Å². The van der Waals surface area contributed by atoms with Crippen LogP contribution >= 0.6 is 0 Å². The molecule has 1 unspecified atom stereocenters. The fourth-order valence-corrected chi connectivity index (χ4v) is 0.686. The first-order chi connectivity index (χ1) is 4.08. The molecule has 5 nitrogen and oxygen atoms in total. The second-order valence-electron chi connectivity index (χ2n) is 1.77. The van der Waals surface area contributed by atoms with Gasteiger partial charge in [-0.3, -0.25) is 4.18 Å². The van der Waals surface area contributed by atoms with Gasteiger partial charge in [0.15, 0.2) is 10.0 Å². The van der Waals surface area contributed by atoms with Crippen molar-refractivity contribution in [3.63, 3.8) is 0 Å². The van der Waals surface area contributed by atoms with E-state index in [0.717, 1.165) is 0 Å². The third kappa shape index (κ3) is 3.15. The second kappa shape index (κ2) is 2.03. The Hall–Kier alpha value is -0.490. The Balaban J connectivity index is 2.18. The zero-order valence-corrected chi connectivity index (χ0v) is 5.72. The van der Waals surface area contributed by atoms with Gasteiger partial charge < -0.3 is 0 Å². The van der Waals surface area contributed by atoms with Crippen LogP contribution in [0.25, 0.3) is 0 Å². The summed E-state index contributed by atoms with van der Waals surface area (Å²) in [7, 11) is -2.80. The van der Waals surface area contributed by atoms with Crippen LogP contribution in [0, 0.1) is 4.78 Å². The van der Waals surface area contributed by atoms with Crippen molar-refractivity contribution < 1.29 is 8.39 Å². The molecular weight excluding hydrogens is 142 g/mol. The van der Waals surface area contributed by atoms with Crippen LogP contribution in [0.1, 0.15) is 0 Å². The molecule has 1 heterocycles. The average molecular weight is 149 g/mol. The molecule has 0 amide bonds. The summed E-state index contributed by atoms with van der Waals surface area (Å²) in [5, 5.41) is 6.99. The third-order valence-corrected chi connectivity index (χ3v) is 1.31. The van der Waals surface area contributed by atoms with Crippen LogP contribution in [0.3, 0.4) is 0 Å². The van der Waals surface area contributed by atoms with Crippen molar-refractivity contribution >= 4 is 10.0 Å². The molecule has 0 aromatic rings. The molecule has 1 aliphatic rings. The van der Waals surface area contributed by atoms with E-state index < -0.39 is 10.0 Å². The molecule has 52 valence electrons. The first-order valence-corrected chi connectivity index (χ1v) is 4.25. The predicted molar refractivity (Wildman–Crippen MR) is 31.4 cm³/mol. The van der Waals surface area contributed by atoms with E-state index in [1.54, 1.807) is 0 Å². The number of nitrogens with one attached hydrogen (secondary N) is 1. The minimum absolute atomic E-state index is 0.156. The number of hydrogen-bond acceptors (Lipinski definition) is 5. The molecule has 0 saturated carbocycles. The molecule has 1 atom stereocenters. The first kappa shape index (κ1) is 6.63. The summed E-state index contributed by atoms with van der Waals surface area (Å²) in [6, 6.07) is 0. The normalized spacial score (nSPS) is 23.7. The molecule has 0 aliphatic carbocycles. The molecular formula is C3H7N3O2S. The van der Waals surface area contributed by atoms with Crippen molar-refractivity contribution in [3.05, 3.63) is 0 Å². The van der Waals surface area contributed by atoms with Crippen LogP contribution in [0.5, 0.6) is 0 Å². The van der Waals surface area contributed by atoms with Gasteiger partial charge in [-0.1, -0.05) is 0 Å². The Labute approximate surface area is 53.3 Å². The van der Waals surface area contributed by atoms with Gasteiger partial charge in [0.1, 0.15) is 6.61 Å². The SMILES string of the molecule is CS(=N)(=O)OCC1N=N1. The lowest BCUT2D eigenvalue weighted by Crippen LogP contribution is -2.06. The van der Waals surface area contributed by atoms with Gasteiger partial charge in [-0.25, -0.2) is 8.99 Å². The molecule has 9 heavy (non-hydrogen) atoms. The van der Waals surface area contributed by atoms with E-state index in [-0.39, 0.29) is 12.8 Å².